The molecule has 0 aromatic heterocycles. The zero-order valence-electron chi connectivity index (χ0n) is 10.2. The Bertz CT molecular complexity index is 530. The van der Waals surface area contributed by atoms with Crippen LogP contribution in [0.4, 0.5) is 14.5 Å². The highest BCUT2D eigenvalue weighted by Gasteiger charge is 2.22. The van der Waals surface area contributed by atoms with Gasteiger partial charge in [0, 0.05) is 6.54 Å². The van der Waals surface area contributed by atoms with Crippen molar-refractivity contribution in [1.29, 1.82) is 0 Å². The Hall–Kier alpha value is -1.21. The Morgan fingerprint density at radius 2 is 1.94 bits per heavy atom. The zero-order valence-corrected chi connectivity index (χ0v) is 11.0. The third kappa shape index (κ3) is 3.39. The van der Waals surface area contributed by atoms with E-state index in [-0.39, 0.29) is 6.54 Å². The Morgan fingerprint density at radius 1 is 1.33 bits per heavy atom. The molecule has 0 amide bonds. The highest BCUT2D eigenvalue weighted by Crippen LogP contribution is 2.22. The molecule has 0 spiro atoms. The topological polar surface area (TPSA) is 72.2 Å². The van der Waals surface area contributed by atoms with Gasteiger partial charge in [0.2, 0.25) is 10.0 Å². The van der Waals surface area contributed by atoms with Crippen LogP contribution in [0.25, 0.3) is 0 Å². The predicted molar refractivity (Wildman–Crippen MR) is 65.4 cm³/mol. The number of rotatable bonds is 5. The van der Waals surface area contributed by atoms with Crippen LogP contribution in [-0.4, -0.2) is 15.0 Å². The van der Waals surface area contributed by atoms with E-state index >= 15 is 0 Å². The molecule has 0 saturated heterocycles. The number of halogens is 2. The van der Waals surface area contributed by atoms with E-state index in [1.165, 1.54) is 0 Å². The molecule has 0 fully saturated rings. The first-order chi connectivity index (χ1) is 8.25. The van der Waals surface area contributed by atoms with Crippen LogP contribution in [0.15, 0.2) is 17.0 Å². The van der Waals surface area contributed by atoms with Gasteiger partial charge < -0.3 is 5.73 Å². The fourth-order valence-corrected chi connectivity index (χ4v) is 2.45. The molecule has 0 aliphatic heterocycles. The maximum Gasteiger partial charge on any atom is 0.243 e. The standard InChI is InChI=1S/C11H16F2N2O2S/c1-7(2)5-6-15-18(16,17)9-4-3-8(12)11(14)10(9)13/h3-4,7,15H,5-6,14H2,1-2H3. The molecule has 0 saturated carbocycles. The van der Waals surface area contributed by atoms with Crippen molar-refractivity contribution < 1.29 is 17.2 Å². The van der Waals surface area contributed by atoms with Crippen molar-refractivity contribution in [3.8, 4) is 0 Å². The lowest BCUT2D eigenvalue weighted by Gasteiger charge is -2.10. The molecule has 0 heterocycles. The van der Waals surface area contributed by atoms with Gasteiger partial charge in [0.15, 0.2) is 5.82 Å². The first kappa shape index (κ1) is 14.8. The third-order valence-electron chi connectivity index (χ3n) is 2.39. The summed E-state index contributed by atoms with van der Waals surface area (Å²) in [4.78, 5) is -0.634. The lowest BCUT2D eigenvalue weighted by Crippen LogP contribution is -2.26. The van der Waals surface area contributed by atoms with Crippen molar-refractivity contribution in [3.05, 3.63) is 23.8 Å². The van der Waals surface area contributed by atoms with Crippen LogP contribution < -0.4 is 10.5 Å². The number of hydrogen-bond donors (Lipinski definition) is 2. The lowest BCUT2D eigenvalue weighted by molar-refractivity contribution is 0.536. The van der Waals surface area contributed by atoms with E-state index in [9.17, 15) is 17.2 Å². The molecule has 18 heavy (non-hydrogen) atoms. The average molecular weight is 278 g/mol. The minimum absolute atomic E-state index is 0.191. The number of nitrogens with one attached hydrogen (secondary N) is 1. The van der Waals surface area contributed by atoms with Gasteiger partial charge in [0.05, 0.1) is 0 Å². The molecule has 0 unspecified atom stereocenters. The summed E-state index contributed by atoms with van der Waals surface area (Å²) in [6, 6.07) is 1.69. The van der Waals surface area contributed by atoms with E-state index in [1.807, 2.05) is 13.8 Å². The van der Waals surface area contributed by atoms with Gasteiger partial charge in [-0.1, -0.05) is 13.8 Å². The maximum atomic E-state index is 13.6. The van der Waals surface area contributed by atoms with Gasteiger partial charge in [0.25, 0.3) is 0 Å². The summed E-state index contributed by atoms with van der Waals surface area (Å²) >= 11 is 0. The normalized spacial score (nSPS) is 12.1. The van der Waals surface area contributed by atoms with E-state index < -0.39 is 32.2 Å². The van der Waals surface area contributed by atoms with Gasteiger partial charge in [-0.15, -0.1) is 0 Å². The number of nitrogens with two attached hydrogens (primary N) is 1. The van der Waals surface area contributed by atoms with Crippen LogP contribution in [-0.2, 0) is 10.0 Å². The molecule has 0 aliphatic rings. The molecule has 1 aromatic rings. The minimum Gasteiger partial charge on any atom is -0.394 e. The fraction of sp³-hybridized carbons (Fsp3) is 0.455. The smallest absolute Gasteiger partial charge is 0.243 e. The van der Waals surface area contributed by atoms with Crippen molar-refractivity contribution in [2.45, 2.75) is 25.2 Å². The first-order valence-corrected chi connectivity index (χ1v) is 6.97. The summed E-state index contributed by atoms with van der Waals surface area (Å²) in [5.74, 6) is -1.92. The van der Waals surface area contributed by atoms with Crippen molar-refractivity contribution in [1.82, 2.24) is 4.72 Å². The van der Waals surface area contributed by atoms with E-state index in [2.05, 4.69) is 4.72 Å². The second kappa shape index (κ2) is 5.62. The predicted octanol–water partition coefficient (Wildman–Crippen LogP) is 1.87. The van der Waals surface area contributed by atoms with Crippen LogP contribution in [0.2, 0.25) is 0 Å². The summed E-state index contributed by atoms with van der Waals surface area (Å²) in [5.41, 5.74) is 4.32. The van der Waals surface area contributed by atoms with Crippen LogP contribution in [0.3, 0.4) is 0 Å². The summed E-state index contributed by atoms with van der Waals surface area (Å²) < 4.78 is 52.3. The van der Waals surface area contributed by atoms with Gasteiger partial charge in [-0.2, -0.15) is 0 Å². The molecule has 1 aromatic carbocycles. The quantitative estimate of drug-likeness (QED) is 0.808. The lowest BCUT2D eigenvalue weighted by atomic mass is 10.1. The summed E-state index contributed by atoms with van der Waals surface area (Å²) in [7, 11) is -4.00. The monoisotopic (exact) mass is 278 g/mol. The highest BCUT2D eigenvalue weighted by atomic mass is 32.2. The number of hydrogen-bond acceptors (Lipinski definition) is 3. The van der Waals surface area contributed by atoms with Crippen molar-refractivity contribution >= 4 is 15.7 Å². The van der Waals surface area contributed by atoms with Crippen LogP contribution in [0.1, 0.15) is 20.3 Å². The highest BCUT2D eigenvalue weighted by molar-refractivity contribution is 7.89. The Balaban J connectivity index is 2.96. The van der Waals surface area contributed by atoms with Gasteiger partial charge in [-0.25, -0.2) is 21.9 Å². The van der Waals surface area contributed by atoms with Crippen LogP contribution in [0, 0.1) is 17.6 Å². The molecule has 102 valence electrons. The Morgan fingerprint density at radius 3 is 2.50 bits per heavy atom. The van der Waals surface area contributed by atoms with E-state index in [0.717, 1.165) is 12.1 Å². The molecule has 0 radical (unpaired) electrons. The minimum atomic E-state index is -4.00. The van der Waals surface area contributed by atoms with Gasteiger partial charge in [-0.05, 0) is 24.5 Å². The third-order valence-corrected chi connectivity index (χ3v) is 3.87. The second-order valence-electron chi connectivity index (χ2n) is 4.35. The number of sulfonamides is 1. The van der Waals surface area contributed by atoms with Crippen LogP contribution >= 0.6 is 0 Å². The molecule has 0 aliphatic carbocycles. The molecule has 1 rings (SSSR count). The number of benzene rings is 1. The number of nitrogen functional groups attached to an aromatic ring is 1. The average Bonchev–Trinajstić information content (AvgIpc) is 2.24. The summed E-state index contributed by atoms with van der Waals surface area (Å²) in [6.07, 6.45) is 0.623. The van der Waals surface area contributed by atoms with E-state index in [0.29, 0.717) is 12.3 Å². The van der Waals surface area contributed by atoms with Gasteiger partial charge in [-0.3, -0.25) is 0 Å². The molecule has 0 bridgehead atoms. The van der Waals surface area contributed by atoms with Gasteiger partial charge in [0.1, 0.15) is 16.4 Å². The first-order valence-electron chi connectivity index (χ1n) is 5.49. The van der Waals surface area contributed by atoms with Gasteiger partial charge >= 0.3 is 0 Å². The second-order valence-corrected chi connectivity index (χ2v) is 6.09. The van der Waals surface area contributed by atoms with E-state index in [4.69, 9.17) is 5.73 Å². The van der Waals surface area contributed by atoms with Crippen LogP contribution in [0.5, 0.6) is 0 Å². The van der Waals surface area contributed by atoms with Crippen molar-refractivity contribution in [3.63, 3.8) is 0 Å². The fourth-order valence-electron chi connectivity index (χ4n) is 1.32. The zero-order chi connectivity index (χ0) is 13.9. The Kier molecular flexibility index (Phi) is 4.64. The molecule has 3 N–H and O–H groups in total. The molecule has 4 nitrogen and oxygen atoms in total. The largest absolute Gasteiger partial charge is 0.394 e. The molecule has 7 heteroatoms. The Labute approximate surface area is 105 Å². The van der Waals surface area contributed by atoms with Crippen molar-refractivity contribution in [2.75, 3.05) is 12.3 Å². The van der Waals surface area contributed by atoms with E-state index in [1.54, 1.807) is 0 Å². The summed E-state index contributed by atoms with van der Waals surface area (Å²) in [5, 5.41) is 0. The molecular formula is C11H16F2N2O2S. The maximum absolute atomic E-state index is 13.6. The SMILES string of the molecule is CC(C)CCNS(=O)(=O)c1ccc(F)c(N)c1F. The van der Waals surface area contributed by atoms with Crippen molar-refractivity contribution in [2.24, 2.45) is 5.92 Å². The number of anilines is 1. The summed E-state index contributed by atoms with van der Waals surface area (Å²) in [6.45, 7) is 4.06. The molecular weight excluding hydrogens is 262 g/mol. The molecule has 0 atom stereocenters.